The fraction of sp³-hybridized carbons (Fsp3) is 0.385. The third-order valence-electron chi connectivity index (χ3n) is 2.87. The minimum atomic E-state index is -0.934. The molecular weight excluding hydrogens is 286 g/mol. The molecule has 1 fully saturated rings. The van der Waals surface area contributed by atoms with Crippen LogP contribution in [0.5, 0.6) is 0 Å². The molecule has 0 radical (unpaired) electrons. The van der Waals surface area contributed by atoms with Gasteiger partial charge in [-0.2, -0.15) is 0 Å². The number of benzene rings is 1. The van der Waals surface area contributed by atoms with Crippen molar-refractivity contribution in [1.29, 1.82) is 0 Å². The average Bonchev–Trinajstić information content (AvgIpc) is 2.64. The Bertz CT molecular complexity index is 525. The van der Waals surface area contributed by atoms with Crippen LogP contribution < -0.4 is 5.32 Å². The lowest BCUT2D eigenvalue weighted by atomic mass is 10.3. The first-order valence-corrected chi connectivity index (χ1v) is 7.17. The molecule has 0 unspecified atom stereocenters. The summed E-state index contributed by atoms with van der Waals surface area (Å²) >= 11 is 1.12. The van der Waals surface area contributed by atoms with Gasteiger partial charge in [0.1, 0.15) is 0 Å². The van der Waals surface area contributed by atoms with Gasteiger partial charge in [-0.1, -0.05) is 0 Å². The van der Waals surface area contributed by atoms with Crippen LogP contribution in [0.1, 0.15) is 6.42 Å². The third kappa shape index (κ3) is 3.93. The Balaban J connectivity index is 1.90. The maximum atomic E-state index is 13.0. The van der Waals surface area contributed by atoms with Crippen molar-refractivity contribution in [3.63, 3.8) is 0 Å². The molecule has 1 heterocycles. The maximum Gasteiger partial charge on any atom is 0.239 e. The molecule has 1 aromatic rings. The van der Waals surface area contributed by atoms with E-state index in [0.717, 1.165) is 23.9 Å². The summed E-state index contributed by atoms with van der Waals surface area (Å²) in [6.07, 6.45) is 0.716. The summed E-state index contributed by atoms with van der Waals surface area (Å²) < 4.78 is 25.8. The van der Waals surface area contributed by atoms with E-state index in [9.17, 15) is 18.4 Å². The standard InChI is InChI=1S/C13H14F2N2O2S/c14-10-3-2-9(6-11(10)15)20-8-13(19)17-5-1-4-16-12(18)7-17/h2-3,6H,1,4-5,7-8H2,(H,16,18). The fourth-order valence-corrected chi connectivity index (χ4v) is 2.65. The molecule has 2 amide bonds. The van der Waals surface area contributed by atoms with Gasteiger partial charge in [0, 0.05) is 18.0 Å². The molecule has 1 aromatic carbocycles. The molecule has 4 nitrogen and oxygen atoms in total. The number of thioether (sulfide) groups is 1. The van der Waals surface area contributed by atoms with Crippen LogP contribution >= 0.6 is 11.8 Å². The van der Waals surface area contributed by atoms with E-state index in [0.29, 0.717) is 24.4 Å². The summed E-state index contributed by atoms with van der Waals surface area (Å²) in [5.41, 5.74) is 0. The SMILES string of the molecule is O=C1CN(C(=O)CSc2ccc(F)c(F)c2)CCCN1. The van der Waals surface area contributed by atoms with Gasteiger partial charge < -0.3 is 10.2 Å². The topological polar surface area (TPSA) is 49.4 Å². The van der Waals surface area contributed by atoms with E-state index in [2.05, 4.69) is 5.32 Å². The molecule has 20 heavy (non-hydrogen) atoms. The van der Waals surface area contributed by atoms with Crippen LogP contribution in [0, 0.1) is 11.6 Å². The Morgan fingerprint density at radius 2 is 2.15 bits per heavy atom. The highest BCUT2D eigenvalue weighted by atomic mass is 32.2. The minimum Gasteiger partial charge on any atom is -0.354 e. The largest absolute Gasteiger partial charge is 0.354 e. The number of hydrogen-bond acceptors (Lipinski definition) is 3. The monoisotopic (exact) mass is 300 g/mol. The van der Waals surface area contributed by atoms with Gasteiger partial charge in [0.15, 0.2) is 11.6 Å². The third-order valence-corrected chi connectivity index (χ3v) is 3.85. The van der Waals surface area contributed by atoms with Gasteiger partial charge in [-0.05, 0) is 24.6 Å². The second kappa shape index (κ2) is 6.69. The Morgan fingerprint density at radius 1 is 1.35 bits per heavy atom. The number of hydrogen-bond donors (Lipinski definition) is 1. The normalized spacial score (nSPS) is 15.7. The molecule has 0 atom stereocenters. The Hall–Kier alpha value is -1.63. The molecule has 2 rings (SSSR count). The zero-order chi connectivity index (χ0) is 14.5. The quantitative estimate of drug-likeness (QED) is 0.859. The molecule has 0 aromatic heterocycles. The predicted octanol–water partition coefficient (Wildman–Crippen LogP) is 1.41. The highest BCUT2D eigenvalue weighted by molar-refractivity contribution is 8.00. The van der Waals surface area contributed by atoms with Gasteiger partial charge in [0.2, 0.25) is 11.8 Å². The van der Waals surface area contributed by atoms with E-state index in [1.807, 2.05) is 0 Å². The van der Waals surface area contributed by atoms with Gasteiger partial charge >= 0.3 is 0 Å². The number of halogens is 2. The van der Waals surface area contributed by atoms with E-state index in [1.54, 1.807) is 0 Å². The number of nitrogens with zero attached hydrogens (tertiary/aromatic N) is 1. The number of nitrogens with one attached hydrogen (secondary N) is 1. The summed E-state index contributed by atoms with van der Waals surface area (Å²) in [5.74, 6) is -2.11. The van der Waals surface area contributed by atoms with Crippen LogP contribution in [0.15, 0.2) is 23.1 Å². The lowest BCUT2D eigenvalue weighted by Crippen LogP contribution is -2.38. The molecule has 1 N–H and O–H groups in total. The summed E-state index contributed by atoms with van der Waals surface area (Å²) in [4.78, 5) is 25.3. The first kappa shape index (κ1) is 14.8. The van der Waals surface area contributed by atoms with Gasteiger partial charge in [-0.3, -0.25) is 9.59 Å². The molecule has 0 spiro atoms. The molecule has 108 valence electrons. The van der Waals surface area contributed by atoms with E-state index < -0.39 is 11.6 Å². The van der Waals surface area contributed by atoms with Crippen LogP contribution in [-0.2, 0) is 9.59 Å². The first-order valence-electron chi connectivity index (χ1n) is 6.18. The highest BCUT2D eigenvalue weighted by Crippen LogP contribution is 2.20. The summed E-state index contributed by atoms with van der Waals surface area (Å²) in [6, 6.07) is 3.51. The van der Waals surface area contributed by atoms with E-state index in [-0.39, 0.29) is 24.1 Å². The number of carbonyl (C=O) groups is 2. The van der Waals surface area contributed by atoms with Crippen LogP contribution in [-0.4, -0.2) is 42.1 Å². The van der Waals surface area contributed by atoms with Crippen molar-refractivity contribution in [2.75, 3.05) is 25.4 Å². The molecule has 1 aliphatic rings. The lowest BCUT2D eigenvalue weighted by Gasteiger charge is -2.18. The fourth-order valence-electron chi connectivity index (χ4n) is 1.82. The molecule has 0 aliphatic carbocycles. The molecule has 0 saturated carbocycles. The predicted molar refractivity (Wildman–Crippen MR) is 71.3 cm³/mol. The second-order valence-electron chi connectivity index (χ2n) is 4.38. The van der Waals surface area contributed by atoms with Gasteiger partial charge in [-0.15, -0.1) is 11.8 Å². The zero-order valence-corrected chi connectivity index (χ0v) is 11.5. The van der Waals surface area contributed by atoms with Crippen molar-refractivity contribution < 1.29 is 18.4 Å². The summed E-state index contributed by atoms with van der Waals surface area (Å²) in [6.45, 7) is 1.14. The molecule has 1 saturated heterocycles. The van der Waals surface area contributed by atoms with Crippen molar-refractivity contribution in [3.05, 3.63) is 29.8 Å². The first-order chi connectivity index (χ1) is 9.56. The number of rotatable bonds is 3. The molecule has 7 heteroatoms. The van der Waals surface area contributed by atoms with Gasteiger partial charge in [-0.25, -0.2) is 8.78 Å². The number of amides is 2. The van der Waals surface area contributed by atoms with Crippen molar-refractivity contribution in [2.45, 2.75) is 11.3 Å². The Morgan fingerprint density at radius 3 is 2.90 bits per heavy atom. The molecule has 0 bridgehead atoms. The zero-order valence-electron chi connectivity index (χ0n) is 10.7. The summed E-state index contributed by atoms with van der Waals surface area (Å²) in [7, 11) is 0. The lowest BCUT2D eigenvalue weighted by molar-refractivity contribution is -0.133. The van der Waals surface area contributed by atoms with Crippen LogP contribution in [0.25, 0.3) is 0 Å². The van der Waals surface area contributed by atoms with Gasteiger partial charge in [0.25, 0.3) is 0 Å². The average molecular weight is 300 g/mol. The Kier molecular flexibility index (Phi) is 4.94. The second-order valence-corrected chi connectivity index (χ2v) is 5.43. The van der Waals surface area contributed by atoms with E-state index in [4.69, 9.17) is 0 Å². The molecular formula is C13H14F2N2O2S. The van der Waals surface area contributed by atoms with Crippen LogP contribution in [0.3, 0.4) is 0 Å². The Labute approximate surface area is 119 Å². The van der Waals surface area contributed by atoms with Gasteiger partial charge in [0.05, 0.1) is 12.3 Å². The van der Waals surface area contributed by atoms with Crippen molar-refractivity contribution in [2.24, 2.45) is 0 Å². The minimum absolute atomic E-state index is 0.0528. The van der Waals surface area contributed by atoms with E-state index in [1.165, 1.54) is 11.0 Å². The highest BCUT2D eigenvalue weighted by Gasteiger charge is 2.19. The summed E-state index contributed by atoms with van der Waals surface area (Å²) in [5, 5.41) is 2.69. The van der Waals surface area contributed by atoms with Crippen molar-refractivity contribution in [3.8, 4) is 0 Å². The maximum absolute atomic E-state index is 13.0. The number of carbonyl (C=O) groups excluding carboxylic acids is 2. The van der Waals surface area contributed by atoms with Crippen LogP contribution in [0.4, 0.5) is 8.78 Å². The molecule has 1 aliphatic heterocycles. The van der Waals surface area contributed by atoms with Crippen LogP contribution in [0.2, 0.25) is 0 Å². The van der Waals surface area contributed by atoms with E-state index >= 15 is 0 Å². The smallest absolute Gasteiger partial charge is 0.239 e. The van der Waals surface area contributed by atoms with Crippen molar-refractivity contribution >= 4 is 23.6 Å². The van der Waals surface area contributed by atoms with Crippen molar-refractivity contribution in [1.82, 2.24) is 10.2 Å².